The molecule has 7 nitrogen and oxygen atoms in total. The SMILES string of the molecule is CCCOc1cccc(C(=O)Nc2nonc2-c2ccc(OCC)c(C)c2)c1. The monoisotopic (exact) mass is 381 g/mol. The Balaban J connectivity index is 1.79. The second kappa shape index (κ2) is 9.03. The first-order valence-electron chi connectivity index (χ1n) is 9.23. The van der Waals surface area contributed by atoms with Crippen LogP contribution in [0.4, 0.5) is 5.82 Å². The Bertz CT molecular complexity index is 952. The van der Waals surface area contributed by atoms with E-state index in [1.807, 2.05) is 45.0 Å². The van der Waals surface area contributed by atoms with Crippen LogP contribution >= 0.6 is 0 Å². The van der Waals surface area contributed by atoms with Crippen molar-refractivity contribution < 1.29 is 18.9 Å². The molecule has 0 unspecified atom stereocenters. The minimum atomic E-state index is -0.318. The molecule has 3 aromatic rings. The number of aryl methyl sites for hydroxylation is 1. The molecule has 7 heteroatoms. The molecule has 3 rings (SSSR count). The summed E-state index contributed by atoms with van der Waals surface area (Å²) in [7, 11) is 0. The molecule has 0 saturated carbocycles. The van der Waals surface area contributed by atoms with E-state index in [-0.39, 0.29) is 11.7 Å². The van der Waals surface area contributed by atoms with Gasteiger partial charge in [-0.2, -0.15) is 0 Å². The van der Waals surface area contributed by atoms with Crippen LogP contribution < -0.4 is 14.8 Å². The first-order valence-corrected chi connectivity index (χ1v) is 9.23. The molecule has 0 fully saturated rings. The van der Waals surface area contributed by atoms with Gasteiger partial charge in [-0.3, -0.25) is 4.79 Å². The van der Waals surface area contributed by atoms with Crippen molar-refractivity contribution in [2.24, 2.45) is 0 Å². The number of nitrogens with zero attached hydrogens (tertiary/aromatic N) is 2. The van der Waals surface area contributed by atoms with Gasteiger partial charge in [0.05, 0.1) is 13.2 Å². The largest absolute Gasteiger partial charge is 0.494 e. The second-order valence-electron chi connectivity index (χ2n) is 6.21. The van der Waals surface area contributed by atoms with Crippen molar-refractivity contribution >= 4 is 11.7 Å². The summed E-state index contributed by atoms with van der Waals surface area (Å²) < 4.78 is 16.0. The van der Waals surface area contributed by atoms with Crippen molar-refractivity contribution in [3.63, 3.8) is 0 Å². The van der Waals surface area contributed by atoms with Crippen LogP contribution in [0.3, 0.4) is 0 Å². The lowest BCUT2D eigenvalue weighted by molar-refractivity contribution is 0.102. The van der Waals surface area contributed by atoms with Crippen LogP contribution in [0.5, 0.6) is 11.5 Å². The Labute approximate surface area is 163 Å². The lowest BCUT2D eigenvalue weighted by Gasteiger charge is -2.09. The van der Waals surface area contributed by atoms with E-state index in [2.05, 4.69) is 15.6 Å². The second-order valence-corrected chi connectivity index (χ2v) is 6.21. The number of anilines is 1. The van der Waals surface area contributed by atoms with Crippen molar-refractivity contribution in [3.8, 4) is 22.8 Å². The highest BCUT2D eigenvalue weighted by Gasteiger charge is 2.17. The molecule has 0 saturated heterocycles. The molecule has 0 bridgehead atoms. The van der Waals surface area contributed by atoms with Gasteiger partial charge in [-0.05, 0) is 72.5 Å². The summed E-state index contributed by atoms with van der Waals surface area (Å²) >= 11 is 0. The van der Waals surface area contributed by atoms with Gasteiger partial charge in [0.1, 0.15) is 11.5 Å². The van der Waals surface area contributed by atoms with Gasteiger partial charge in [0.2, 0.25) is 5.82 Å². The topological polar surface area (TPSA) is 86.5 Å². The summed E-state index contributed by atoms with van der Waals surface area (Å²) in [6, 6.07) is 12.6. The molecule has 1 N–H and O–H groups in total. The molecule has 146 valence electrons. The fourth-order valence-electron chi connectivity index (χ4n) is 2.70. The minimum Gasteiger partial charge on any atom is -0.494 e. The Morgan fingerprint density at radius 1 is 1.11 bits per heavy atom. The number of hydrogen-bond donors (Lipinski definition) is 1. The quantitative estimate of drug-likeness (QED) is 0.619. The van der Waals surface area contributed by atoms with E-state index in [1.54, 1.807) is 18.2 Å². The third kappa shape index (κ3) is 4.49. The first kappa shape index (κ1) is 19.4. The van der Waals surface area contributed by atoms with E-state index in [0.717, 1.165) is 23.3 Å². The normalized spacial score (nSPS) is 10.5. The van der Waals surface area contributed by atoms with Crippen LogP contribution in [0.2, 0.25) is 0 Å². The van der Waals surface area contributed by atoms with Gasteiger partial charge in [0, 0.05) is 11.1 Å². The Kier molecular flexibility index (Phi) is 6.26. The maximum absolute atomic E-state index is 12.6. The standard InChI is InChI=1S/C21H23N3O4/c1-4-11-27-17-8-6-7-16(13-17)21(25)22-20-19(23-28-24-20)15-9-10-18(26-5-2)14(3)12-15/h6-10,12-13H,4-5,11H2,1-3H3,(H,22,24,25). The highest BCUT2D eigenvalue weighted by atomic mass is 16.6. The Morgan fingerprint density at radius 2 is 1.96 bits per heavy atom. The average molecular weight is 381 g/mol. The first-order chi connectivity index (χ1) is 13.6. The third-order valence-electron chi connectivity index (χ3n) is 4.04. The molecule has 28 heavy (non-hydrogen) atoms. The van der Waals surface area contributed by atoms with Gasteiger partial charge in [0.25, 0.3) is 5.91 Å². The number of carbonyl (C=O) groups excluding carboxylic acids is 1. The predicted octanol–water partition coefficient (Wildman–Crippen LogP) is 4.48. The van der Waals surface area contributed by atoms with Gasteiger partial charge in [-0.25, -0.2) is 4.63 Å². The summed E-state index contributed by atoms with van der Waals surface area (Å²) in [5, 5.41) is 10.5. The average Bonchev–Trinajstić information content (AvgIpc) is 3.16. The van der Waals surface area contributed by atoms with Crippen LogP contribution in [-0.4, -0.2) is 29.4 Å². The number of amides is 1. The molecule has 0 aliphatic rings. The summed E-state index contributed by atoms with van der Waals surface area (Å²) in [5.41, 5.74) is 2.65. The fourth-order valence-corrected chi connectivity index (χ4v) is 2.70. The molecular weight excluding hydrogens is 358 g/mol. The van der Waals surface area contributed by atoms with Crippen LogP contribution in [0.1, 0.15) is 36.2 Å². The van der Waals surface area contributed by atoms with E-state index in [0.29, 0.717) is 30.2 Å². The van der Waals surface area contributed by atoms with Crippen LogP contribution in [0.15, 0.2) is 47.1 Å². The van der Waals surface area contributed by atoms with Crippen LogP contribution in [0.25, 0.3) is 11.3 Å². The van der Waals surface area contributed by atoms with Crippen LogP contribution in [-0.2, 0) is 0 Å². The highest BCUT2D eigenvalue weighted by molar-refractivity contribution is 6.05. The van der Waals surface area contributed by atoms with E-state index in [4.69, 9.17) is 14.1 Å². The van der Waals surface area contributed by atoms with Gasteiger partial charge in [-0.15, -0.1) is 0 Å². The van der Waals surface area contributed by atoms with Gasteiger partial charge in [0.15, 0.2) is 5.69 Å². The molecule has 0 radical (unpaired) electrons. The number of aromatic nitrogens is 2. The van der Waals surface area contributed by atoms with Crippen molar-refractivity contribution in [2.75, 3.05) is 18.5 Å². The molecule has 1 heterocycles. The number of nitrogens with one attached hydrogen (secondary N) is 1. The zero-order chi connectivity index (χ0) is 19.9. The van der Waals surface area contributed by atoms with Crippen molar-refractivity contribution in [1.29, 1.82) is 0 Å². The molecule has 1 amide bonds. The van der Waals surface area contributed by atoms with E-state index >= 15 is 0 Å². The summed E-state index contributed by atoms with van der Waals surface area (Å²) in [4.78, 5) is 12.6. The number of benzene rings is 2. The van der Waals surface area contributed by atoms with Crippen molar-refractivity contribution in [1.82, 2.24) is 10.3 Å². The molecule has 0 aliphatic heterocycles. The molecule has 0 spiro atoms. The minimum absolute atomic E-state index is 0.258. The van der Waals surface area contributed by atoms with Gasteiger partial charge < -0.3 is 14.8 Å². The van der Waals surface area contributed by atoms with Gasteiger partial charge >= 0.3 is 0 Å². The molecule has 0 aliphatic carbocycles. The lowest BCUT2D eigenvalue weighted by atomic mass is 10.1. The number of carbonyl (C=O) groups is 1. The fraction of sp³-hybridized carbons (Fsp3) is 0.286. The smallest absolute Gasteiger partial charge is 0.257 e. The molecular formula is C21H23N3O4. The summed E-state index contributed by atoms with van der Waals surface area (Å²) in [6.45, 7) is 7.10. The zero-order valence-corrected chi connectivity index (χ0v) is 16.2. The molecule has 2 aromatic carbocycles. The van der Waals surface area contributed by atoms with Gasteiger partial charge in [-0.1, -0.05) is 13.0 Å². The molecule has 0 atom stereocenters. The zero-order valence-electron chi connectivity index (χ0n) is 16.2. The van der Waals surface area contributed by atoms with E-state index in [9.17, 15) is 4.79 Å². The van der Waals surface area contributed by atoms with Crippen molar-refractivity contribution in [3.05, 3.63) is 53.6 Å². The lowest BCUT2D eigenvalue weighted by Crippen LogP contribution is -2.13. The van der Waals surface area contributed by atoms with Crippen molar-refractivity contribution in [2.45, 2.75) is 27.2 Å². The predicted molar refractivity (Wildman–Crippen MR) is 106 cm³/mol. The highest BCUT2D eigenvalue weighted by Crippen LogP contribution is 2.29. The summed E-state index contributed by atoms with van der Waals surface area (Å²) in [6.07, 6.45) is 0.895. The Morgan fingerprint density at radius 3 is 2.71 bits per heavy atom. The number of hydrogen-bond acceptors (Lipinski definition) is 6. The van der Waals surface area contributed by atoms with Crippen LogP contribution in [0, 0.1) is 6.92 Å². The maximum Gasteiger partial charge on any atom is 0.257 e. The summed E-state index contributed by atoms with van der Waals surface area (Å²) in [5.74, 6) is 1.39. The van der Waals surface area contributed by atoms with E-state index in [1.165, 1.54) is 0 Å². The van der Waals surface area contributed by atoms with E-state index < -0.39 is 0 Å². The number of ether oxygens (including phenoxy) is 2. The molecule has 1 aromatic heterocycles. The number of rotatable bonds is 8. The third-order valence-corrected chi connectivity index (χ3v) is 4.04. The maximum atomic E-state index is 12.6. The Hall–Kier alpha value is -3.35.